The topological polar surface area (TPSA) is 86.6 Å². The zero-order chi connectivity index (χ0) is 13.1. The maximum atomic E-state index is 11.8. The van der Waals surface area contributed by atoms with Crippen molar-refractivity contribution in [1.82, 2.24) is 5.32 Å². The minimum atomic E-state index is -1.45. The molecule has 0 aliphatic heterocycles. The molecule has 0 heterocycles. The molecule has 5 heteroatoms. The fraction of sp³-hybridized carbons (Fsp3) is 0.833. The summed E-state index contributed by atoms with van der Waals surface area (Å²) in [5.74, 6) is -1.69. The lowest BCUT2D eigenvalue weighted by Crippen LogP contribution is -2.50. The molecule has 98 valence electrons. The fourth-order valence-electron chi connectivity index (χ4n) is 1.90. The van der Waals surface area contributed by atoms with Crippen LogP contribution in [0.25, 0.3) is 0 Å². The van der Waals surface area contributed by atoms with E-state index in [1.165, 1.54) is 13.8 Å². The molecule has 1 saturated carbocycles. The van der Waals surface area contributed by atoms with Crippen LogP contribution in [0.2, 0.25) is 0 Å². The van der Waals surface area contributed by atoms with Crippen molar-refractivity contribution < 1.29 is 19.8 Å². The van der Waals surface area contributed by atoms with Gasteiger partial charge in [-0.05, 0) is 26.7 Å². The molecule has 2 unspecified atom stereocenters. The smallest absolute Gasteiger partial charge is 0.318 e. The van der Waals surface area contributed by atoms with Crippen LogP contribution in [-0.2, 0) is 9.59 Å². The molecule has 0 aromatic rings. The highest BCUT2D eigenvalue weighted by Gasteiger charge is 2.38. The van der Waals surface area contributed by atoms with Gasteiger partial charge < -0.3 is 15.5 Å². The van der Waals surface area contributed by atoms with E-state index in [1.807, 2.05) is 0 Å². The largest absolute Gasteiger partial charge is 0.480 e. The molecule has 17 heavy (non-hydrogen) atoms. The molecule has 0 aromatic carbocycles. The number of aliphatic carboxylic acids is 1. The second-order valence-electron chi connectivity index (χ2n) is 5.22. The lowest BCUT2D eigenvalue weighted by atomic mass is 9.91. The molecule has 0 bridgehead atoms. The van der Waals surface area contributed by atoms with E-state index >= 15 is 0 Å². The van der Waals surface area contributed by atoms with Crippen LogP contribution in [0.15, 0.2) is 0 Å². The summed E-state index contributed by atoms with van der Waals surface area (Å²) in [4.78, 5) is 22.8. The summed E-state index contributed by atoms with van der Waals surface area (Å²) < 4.78 is 0. The summed E-state index contributed by atoms with van der Waals surface area (Å²) in [6.45, 7) is 2.74. The Morgan fingerprint density at radius 1 is 1.18 bits per heavy atom. The van der Waals surface area contributed by atoms with E-state index in [2.05, 4.69) is 5.32 Å². The highest BCUT2D eigenvalue weighted by molar-refractivity contribution is 6.01. The average Bonchev–Trinajstić information content (AvgIpc) is 2.44. The van der Waals surface area contributed by atoms with Crippen LogP contribution in [0.1, 0.15) is 46.0 Å². The van der Waals surface area contributed by atoms with E-state index in [4.69, 9.17) is 5.11 Å². The Balaban J connectivity index is 2.63. The Morgan fingerprint density at radius 3 is 2.35 bits per heavy atom. The highest BCUT2D eigenvalue weighted by atomic mass is 16.4. The van der Waals surface area contributed by atoms with Crippen molar-refractivity contribution in [2.75, 3.05) is 0 Å². The molecule has 0 spiro atoms. The maximum absolute atomic E-state index is 11.8. The first-order chi connectivity index (χ1) is 7.85. The summed E-state index contributed by atoms with van der Waals surface area (Å²) in [5.41, 5.74) is -1.45. The van der Waals surface area contributed by atoms with Crippen molar-refractivity contribution >= 4 is 11.9 Å². The SMILES string of the molecule is CC(C)(C(=O)O)C(=O)NC1CCCCCC1O. The summed E-state index contributed by atoms with van der Waals surface area (Å²) in [6, 6.07) is -0.316. The van der Waals surface area contributed by atoms with Crippen LogP contribution < -0.4 is 5.32 Å². The van der Waals surface area contributed by atoms with Gasteiger partial charge in [0.25, 0.3) is 0 Å². The van der Waals surface area contributed by atoms with E-state index in [0.717, 1.165) is 19.3 Å². The number of hydrogen-bond donors (Lipinski definition) is 3. The third-order valence-corrected chi connectivity index (χ3v) is 3.40. The summed E-state index contributed by atoms with van der Waals surface area (Å²) in [6.07, 6.45) is 3.77. The molecule has 3 N–H and O–H groups in total. The lowest BCUT2D eigenvalue weighted by molar-refractivity contribution is -0.154. The highest BCUT2D eigenvalue weighted by Crippen LogP contribution is 2.21. The molecule has 1 aliphatic carbocycles. The predicted octanol–water partition coefficient (Wildman–Crippen LogP) is 0.907. The van der Waals surface area contributed by atoms with Crippen LogP contribution in [0, 0.1) is 5.41 Å². The van der Waals surface area contributed by atoms with Crippen LogP contribution in [0.3, 0.4) is 0 Å². The second-order valence-corrected chi connectivity index (χ2v) is 5.22. The van der Waals surface area contributed by atoms with Crippen LogP contribution in [0.5, 0.6) is 0 Å². The van der Waals surface area contributed by atoms with Crippen molar-refractivity contribution in [2.24, 2.45) is 5.41 Å². The molecule has 0 radical (unpaired) electrons. The maximum Gasteiger partial charge on any atom is 0.318 e. The van der Waals surface area contributed by atoms with Crippen LogP contribution in [0.4, 0.5) is 0 Å². The third-order valence-electron chi connectivity index (χ3n) is 3.40. The summed E-state index contributed by atoms with van der Waals surface area (Å²) in [5, 5.41) is 21.4. The molecule has 2 atom stereocenters. The van der Waals surface area contributed by atoms with Gasteiger partial charge in [0, 0.05) is 0 Å². The minimum absolute atomic E-state index is 0.316. The monoisotopic (exact) mass is 243 g/mol. The number of nitrogens with one attached hydrogen (secondary N) is 1. The van der Waals surface area contributed by atoms with Gasteiger partial charge >= 0.3 is 5.97 Å². The van der Waals surface area contributed by atoms with E-state index < -0.39 is 23.4 Å². The van der Waals surface area contributed by atoms with Crippen LogP contribution in [-0.4, -0.2) is 34.2 Å². The average molecular weight is 243 g/mol. The first-order valence-electron chi connectivity index (χ1n) is 6.08. The number of aliphatic hydroxyl groups is 1. The van der Waals surface area contributed by atoms with E-state index in [0.29, 0.717) is 12.8 Å². The van der Waals surface area contributed by atoms with E-state index in [1.54, 1.807) is 0 Å². The van der Waals surface area contributed by atoms with Gasteiger partial charge in [-0.15, -0.1) is 0 Å². The van der Waals surface area contributed by atoms with Crippen molar-refractivity contribution in [2.45, 2.75) is 58.1 Å². The summed E-state index contributed by atoms with van der Waals surface area (Å²) >= 11 is 0. The van der Waals surface area contributed by atoms with Gasteiger partial charge in [-0.25, -0.2) is 0 Å². The van der Waals surface area contributed by atoms with Gasteiger partial charge in [0.2, 0.25) is 5.91 Å². The van der Waals surface area contributed by atoms with E-state index in [-0.39, 0.29) is 6.04 Å². The molecular weight excluding hydrogens is 222 g/mol. The Bertz CT molecular complexity index is 301. The Kier molecular flexibility index (Phi) is 4.51. The molecule has 0 saturated heterocycles. The number of carboxylic acids is 1. The molecule has 1 rings (SSSR count). The normalized spacial score (nSPS) is 26.1. The molecule has 1 amide bonds. The number of rotatable bonds is 3. The van der Waals surface area contributed by atoms with Crippen molar-refractivity contribution in [3.8, 4) is 0 Å². The van der Waals surface area contributed by atoms with Crippen molar-refractivity contribution in [1.29, 1.82) is 0 Å². The molecule has 1 aliphatic rings. The van der Waals surface area contributed by atoms with Gasteiger partial charge in [0.05, 0.1) is 12.1 Å². The Labute approximate surface area is 101 Å². The molecule has 0 aromatic heterocycles. The van der Waals surface area contributed by atoms with Gasteiger partial charge in [0.15, 0.2) is 0 Å². The lowest BCUT2D eigenvalue weighted by Gasteiger charge is -2.26. The van der Waals surface area contributed by atoms with E-state index in [9.17, 15) is 14.7 Å². The Morgan fingerprint density at radius 2 is 1.76 bits per heavy atom. The van der Waals surface area contributed by atoms with Gasteiger partial charge in [-0.3, -0.25) is 9.59 Å². The standard InChI is InChI=1S/C12H21NO4/c1-12(2,11(16)17)10(15)13-8-6-4-3-5-7-9(8)14/h8-9,14H,3-7H2,1-2H3,(H,13,15)(H,16,17). The number of hydrogen-bond acceptors (Lipinski definition) is 3. The minimum Gasteiger partial charge on any atom is -0.480 e. The molecule has 1 fully saturated rings. The first kappa shape index (κ1) is 14.0. The predicted molar refractivity (Wildman–Crippen MR) is 62.4 cm³/mol. The quantitative estimate of drug-likeness (QED) is 0.508. The Hall–Kier alpha value is -1.10. The zero-order valence-electron chi connectivity index (χ0n) is 10.4. The number of carboxylic acid groups (broad SMARTS) is 1. The number of aliphatic hydroxyl groups excluding tert-OH is 1. The molecule has 5 nitrogen and oxygen atoms in total. The summed E-state index contributed by atoms with van der Waals surface area (Å²) in [7, 11) is 0. The second kappa shape index (κ2) is 5.49. The fourth-order valence-corrected chi connectivity index (χ4v) is 1.90. The van der Waals surface area contributed by atoms with Gasteiger partial charge in [-0.1, -0.05) is 19.3 Å². The molecular formula is C12H21NO4. The van der Waals surface area contributed by atoms with Gasteiger partial charge in [0.1, 0.15) is 5.41 Å². The number of amides is 1. The number of carbonyl (C=O) groups excluding carboxylic acids is 1. The first-order valence-corrected chi connectivity index (χ1v) is 6.08. The van der Waals surface area contributed by atoms with Crippen molar-refractivity contribution in [3.63, 3.8) is 0 Å². The van der Waals surface area contributed by atoms with Crippen molar-refractivity contribution in [3.05, 3.63) is 0 Å². The number of carbonyl (C=O) groups is 2. The van der Waals surface area contributed by atoms with Crippen LogP contribution >= 0.6 is 0 Å². The van der Waals surface area contributed by atoms with Gasteiger partial charge in [-0.2, -0.15) is 0 Å². The third kappa shape index (κ3) is 3.43. The zero-order valence-corrected chi connectivity index (χ0v) is 10.4.